The summed E-state index contributed by atoms with van der Waals surface area (Å²) in [4.78, 5) is 42.4. The van der Waals surface area contributed by atoms with Crippen LogP contribution in [0.25, 0.3) is 6.08 Å². The molecule has 244 valence electrons. The number of carbonyl (C=O) groups is 1. The highest BCUT2D eigenvalue weighted by molar-refractivity contribution is 7.07. The standard InChI is InChI=1S/C32H26F3N3O8S/c1-5-45-30(40)27-17(2)36-31-37(28(27)19-7-10-21(43-3)11-8-19)29(39)26(47-31)15-18-6-12-24(25(14-18)44-4)46-23-13-9-20(32(33,34)35)16-22(23)38(41)42/h6-16,28H,5H2,1-4H3/b26-15+/t28-/m0/s1. The van der Waals surface area contributed by atoms with Crippen molar-refractivity contribution in [2.45, 2.75) is 26.1 Å². The number of esters is 1. The van der Waals surface area contributed by atoms with E-state index in [1.165, 1.54) is 30.9 Å². The zero-order valence-electron chi connectivity index (χ0n) is 25.3. The van der Waals surface area contributed by atoms with Crippen LogP contribution in [0.5, 0.6) is 23.0 Å². The van der Waals surface area contributed by atoms with Crippen LogP contribution in [0.15, 0.2) is 81.7 Å². The van der Waals surface area contributed by atoms with E-state index in [9.17, 15) is 32.9 Å². The van der Waals surface area contributed by atoms with Gasteiger partial charge in [-0.3, -0.25) is 19.5 Å². The molecule has 0 fully saturated rings. The highest BCUT2D eigenvalue weighted by Gasteiger charge is 2.35. The lowest BCUT2D eigenvalue weighted by molar-refractivity contribution is -0.385. The summed E-state index contributed by atoms with van der Waals surface area (Å²) >= 11 is 1.10. The van der Waals surface area contributed by atoms with Crippen LogP contribution in [0, 0.1) is 10.1 Å². The highest BCUT2D eigenvalue weighted by atomic mass is 32.1. The van der Waals surface area contributed by atoms with Crippen LogP contribution in [0.4, 0.5) is 18.9 Å². The van der Waals surface area contributed by atoms with Crippen LogP contribution >= 0.6 is 11.3 Å². The number of halogens is 3. The molecule has 0 unspecified atom stereocenters. The average molecular weight is 670 g/mol. The summed E-state index contributed by atoms with van der Waals surface area (Å²) in [7, 11) is 2.84. The predicted octanol–water partition coefficient (Wildman–Crippen LogP) is 5.53. The minimum atomic E-state index is -4.78. The van der Waals surface area contributed by atoms with Gasteiger partial charge in [0.05, 0.1) is 53.2 Å². The molecule has 1 aliphatic rings. The first-order valence-electron chi connectivity index (χ1n) is 13.9. The van der Waals surface area contributed by atoms with Crippen molar-refractivity contribution in [2.75, 3.05) is 20.8 Å². The third kappa shape index (κ3) is 6.60. The van der Waals surface area contributed by atoms with Gasteiger partial charge in [0.1, 0.15) is 5.75 Å². The number of hydrogen-bond donors (Lipinski definition) is 0. The number of alkyl halides is 3. The molecular formula is C32H26F3N3O8S. The number of nitro groups is 1. The molecule has 0 saturated heterocycles. The topological polar surface area (TPSA) is 131 Å². The monoisotopic (exact) mass is 669 g/mol. The fraction of sp³-hybridized carbons (Fsp3) is 0.219. The summed E-state index contributed by atoms with van der Waals surface area (Å²) in [5.74, 6) is -0.347. The molecule has 0 N–H and O–H groups in total. The van der Waals surface area contributed by atoms with E-state index in [0.29, 0.717) is 39.5 Å². The minimum absolute atomic E-state index is 0.0109. The van der Waals surface area contributed by atoms with Gasteiger partial charge in [-0.05, 0) is 67.4 Å². The van der Waals surface area contributed by atoms with Crippen molar-refractivity contribution in [1.29, 1.82) is 0 Å². The van der Waals surface area contributed by atoms with E-state index in [1.54, 1.807) is 50.3 Å². The number of thiazole rings is 1. The SMILES string of the molecule is CCOC(=O)C1=C(C)N=c2s/c(=C/c3ccc(Oc4ccc(C(F)(F)F)cc4[N+](=O)[O-])c(OC)c3)c(=O)n2[C@H]1c1ccc(OC)cc1. The lowest BCUT2D eigenvalue weighted by Gasteiger charge is -2.24. The minimum Gasteiger partial charge on any atom is -0.497 e. The molecule has 4 aromatic rings. The van der Waals surface area contributed by atoms with Gasteiger partial charge in [0, 0.05) is 6.07 Å². The molecule has 11 nitrogen and oxygen atoms in total. The lowest BCUT2D eigenvalue weighted by Crippen LogP contribution is -2.39. The second-order valence-corrected chi connectivity index (χ2v) is 11.0. The Bertz CT molecular complexity index is 2090. The van der Waals surface area contributed by atoms with Crippen molar-refractivity contribution in [2.24, 2.45) is 4.99 Å². The van der Waals surface area contributed by atoms with Crippen molar-refractivity contribution in [3.8, 4) is 23.0 Å². The van der Waals surface area contributed by atoms with Gasteiger partial charge in [-0.15, -0.1) is 0 Å². The molecule has 5 rings (SSSR count). The quantitative estimate of drug-likeness (QED) is 0.129. The first-order chi connectivity index (χ1) is 22.4. The zero-order chi connectivity index (χ0) is 34.0. The summed E-state index contributed by atoms with van der Waals surface area (Å²) in [5.41, 5.74) is -0.771. The van der Waals surface area contributed by atoms with Crippen LogP contribution in [0.1, 0.15) is 36.6 Å². The number of nitrogens with zero attached hydrogens (tertiary/aromatic N) is 3. The molecule has 3 aromatic carbocycles. The maximum Gasteiger partial charge on any atom is 0.416 e. The summed E-state index contributed by atoms with van der Waals surface area (Å²) in [6, 6.07) is 12.5. The van der Waals surface area contributed by atoms with Crippen LogP contribution in [-0.4, -0.2) is 36.3 Å². The van der Waals surface area contributed by atoms with Gasteiger partial charge in [0.2, 0.25) is 5.75 Å². The van der Waals surface area contributed by atoms with E-state index >= 15 is 0 Å². The molecular weight excluding hydrogens is 643 g/mol. The summed E-state index contributed by atoms with van der Waals surface area (Å²) in [6.07, 6.45) is -3.21. The first-order valence-corrected chi connectivity index (χ1v) is 14.7. The second-order valence-electron chi connectivity index (χ2n) is 10.0. The number of allylic oxidation sites excluding steroid dienone is 1. The molecule has 1 aliphatic heterocycles. The van der Waals surface area contributed by atoms with Gasteiger partial charge in [0.25, 0.3) is 5.56 Å². The smallest absolute Gasteiger partial charge is 0.416 e. The molecule has 47 heavy (non-hydrogen) atoms. The molecule has 0 amide bonds. The van der Waals surface area contributed by atoms with Gasteiger partial charge < -0.3 is 18.9 Å². The molecule has 0 spiro atoms. The van der Waals surface area contributed by atoms with E-state index in [2.05, 4.69) is 4.99 Å². The summed E-state index contributed by atoms with van der Waals surface area (Å²) < 4.78 is 62.7. The second kappa shape index (κ2) is 13.1. The van der Waals surface area contributed by atoms with Gasteiger partial charge >= 0.3 is 17.8 Å². The molecule has 0 radical (unpaired) electrons. The van der Waals surface area contributed by atoms with Crippen molar-refractivity contribution < 1.29 is 41.8 Å². The van der Waals surface area contributed by atoms with Crippen molar-refractivity contribution in [3.05, 3.63) is 118 Å². The van der Waals surface area contributed by atoms with E-state index in [1.807, 2.05) is 0 Å². The number of benzene rings is 3. The van der Waals surface area contributed by atoms with Crippen LogP contribution in [0.3, 0.4) is 0 Å². The van der Waals surface area contributed by atoms with Gasteiger partial charge in [-0.2, -0.15) is 13.2 Å². The zero-order valence-corrected chi connectivity index (χ0v) is 26.1. The number of fused-ring (bicyclic) bond motifs is 1. The summed E-state index contributed by atoms with van der Waals surface area (Å²) in [6.45, 7) is 3.48. The van der Waals surface area contributed by atoms with E-state index in [0.717, 1.165) is 17.4 Å². The summed E-state index contributed by atoms with van der Waals surface area (Å²) in [5, 5.41) is 11.5. The Morgan fingerprint density at radius 2 is 1.74 bits per heavy atom. The maximum absolute atomic E-state index is 13.9. The Morgan fingerprint density at radius 1 is 1.04 bits per heavy atom. The average Bonchev–Trinajstić information content (AvgIpc) is 3.34. The Hall–Kier alpha value is -5.44. The Labute approximate surface area is 268 Å². The molecule has 1 aromatic heterocycles. The molecule has 0 aliphatic carbocycles. The van der Waals surface area contributed by atoms with Crippen LogP contribution in [-0.2, 0) is 15.7 Å². The first kappa shape index (κ1) is 32.9. The fourth-order valence-corrected chi connectivity index (χ4v) is 5.99. The number of ether oxygens (including phenoxy) is 4. The van der Waals surface area contributed by atoms with Gasteiger partial charge in [0.15, 0.2) is 16.3 Å². The number of nitro benzene ring substituents is 1. The highest BCUT2D eigenvalue weighted by Crippen LogP contribution is 2.40. The Kier molecular flexibility index (Phi) is 9.19. The van der Waals surface area contributed by atoms with E-state index in [4.69, 9.17) is 18.9 Å². The number of methoxy groups -OCH3 is 2. The molecule has 15 heteroatoms. The third-order valence-electron chi connectivity index (χ3n) is 7.14. The normalized spacial score (nSPS) is 14.7. The molecule has 1 atom stereocenters. The number of hydrogen-bond acceptors (Lipinski definition) is 10. The van der Waals surface area contributed by atoms with E-state index < -0.39 is 45.7 Å². The van der Waals surface area contributed by atoms with Gasteiger partial charge in [-0.1, -0.05) is 29.5 Å². The molecule has 0 saturated carbocycles. The van der Waals surface area contributed by atoms with Crippen molar-refractivity contribution in [3.63, 3.8) is 0 Å². The lowest BCUT2D eigenvalue weighted by atomic mass is 9.96. The van der Waals surface area contributed by atoms with Crippen LogP contribution in [0.2, 0.25) is 0 Å². The number of aromatic nitrogens is 1. The van der Waals surface area contributed by atoms with Gasteiger partial charge in [-0.25, -0.2) is 9.79 Å². The third-order valence-corrected chi connectivity index (χ3v) is 8.12. The van der Waals surface area contributed by atoms with E-state index in [-0.39, 0.29) is 28.2 Å². The molecule has 0 bridgehead atoms. The van der Waals surface area contributed by atoms with Crippen molar-refractivity contribution >= 4 is 29.1 Å². The molecule has 2 heterocycles. The fourth-order valence-electron chi connectivity index (χ4n) is 4.94. The number of rotatable bonds is 9. The Morgan fingerprint density at radius 3 is 2.36 bits per heavy atom. The Balaban J connectivity index is 1.56. The van der Waals surface area contributed by atoms with Crippen molar-refractivity contribution in [1.82, 2.24) is 4.57 Å². The maximum atomic E-state index is 13.9. The largest absolute Gasteiger partial charge is 0.497 e. The number of carbonyl (C=O) groups excluding carboxylic acids is 1. The van der Waals surface area contributed by atoms with Crippen LogP contribution < -0.4 is 29.1 Å². The predicted molar refractivity (Wildman–Crippen MR) is 165 cm³/mol.